The molecule has 0 radical (unpaired) electrons. The van der Waals surface area contributed by atoms with Gasteiger partial charge in [0.05, 0.1) is 11.7 Å². The lowest BCUT2D eigenvalue weighted by Crippen LogP contribution is -2.14. The van der Waals surface area contributed by atoms with Crippen molar-refractivity contribution in [2.24, 2.45) is 5.92 Å². The van der Waals surface area contributed by atoms with Gasteiger partial charge in [-0.05, 0) is 43.9 Å². The zero-order valence-corrected chi connectivity index (χ0v) is 8.73. The van der Waals surface area contributed by atoms with Crippen LogP contribution in [0.3, 0.4) is 0 Å². The van der Waals surface area contributed by atoms with Crippen molar-refractivity contribution in [2.75, 3.05) is 5.73 Å². The molecule has 1 aliphatic rings. The number of ether oxygens (including phenoxy) is 1. The topological polar surface area (TPSA) is 59.0 Å². The lowest BCUT2D eigenvalue weighted by atomic mass is 10.2. The van der Waals surface area contributed by atoms with E-state index in [1.54, 1.807) is 18.2 Å². The Bertz CT molecular complexity index is 405. The van der Waals surface area contributed by atoms with Gasteiger partial charge in [-0.3, -0.25) is 0 Å². The number of anilines is 1. The van der Waals surface area contributed by atoms with Crippen molar-refractivity contribution in [3.05, 3.63) is 23.8 Å². The number of hydrogen-bond donors (Lipinski definition) is 1. The van der Waals surface area contributed by atoms with Crippen LogP contribution in [0.15, 0.2) is 18.2 Å². The van der Waals surface area contributed by atoms with E-state index in [1.807, 2.05) is 0 Å². The summed E-state index contributed by atoms with van der Waals surface area (Å²) in [4.78, 5) is 0. The highest BCUT2D eigenvalue weighted by Crippen LogP contribution is 2.35. The summed E-state index contributed by atoms with van der Waals surface area (Å²) in [6, 6.07) is 7.27. The molecule has 3 heteroatoms. The van der Waals surface area contributed by atoms with Crippen LogP contribution in [0.1, 0.15) is 25.3 Å². The quantitative estimate of drug-likeness (QED) is 0.765. The molecule has 1 atom stereocenters. The summed E-state index contributed by atoms with van der Waals surface area (Å²) in [5.41, 5.74) is 6.71. The maximum Gasteiger partial charge on any atom is 0.137 e. The van der Waals surface area contributed by atoms with Crippen LogP contribution in [0, 0.1) is 17.2 Å². The van der Waals surface area contributed by atoms with E-state index >= 15 is 0 Å². The van der Waals surface area contributed by atoms with Gasteiger partial charge in [-0.15, -0.1) is 0 Å². The maximum absolute atomic E-state index is 8.92. The first kappa shape index (κ1) is 9.85. The molecule has 1 saturated carbocycles. The SMILES string of the molecule is CC(Oc1ccc(N)cc1C#N)C1CC1. The number of nitrogens with zero attached hydrogens (tertiary/aromatic N) is 1. The molecule has 15 heavy (non-hydrogen) atoms. The fourth-order valence-corrected chi connectivity index (χ4v) is 1.60. The highest BCUT2D eigenvalue weighted by molar-refractivity contribution is 5.53. The molecule has 1 aromatic carbocycles. The summed E-state index contributed by atoms with van der Waals surface area (Å²) in [7, 11) is 0. The summed E-state index contributed by atoms with van der Waals surface area (Å²) < 4.78 is 5.74. The van der Waals surface area contributed by atoms with Crippen LogP contribution in [0.2, 0.25) is 0 Å². The molecule has 1 unspecified atom stereocenters. The van der Waals surface area contributed by atoms with Crippen molar-refractivity contribution in [3.63, 3.8) is 0 Å². The maximum atomic E-state index is 8.92. The van der Waals surface area contributed by atoms with Crippen molar-refractivity contribution in [1.82, 2.24) is 0 Å². The Kier molecular flexibility index (Phi) is 2.51. The second-order valence-electron chi connectivity index (χ2n) is 4.03. The van der Waals surface area contributed by atoms with Gasteiger partial charge in [0, 0.05) is 5.69 Å². The van der Waals surface area contributed by atoms with E-state index in [9.17, 15) is 0 Å². The Morgan fingerprint density at radius 3 is 2.87 bits per heavy atom. The Balaban J connectivity index is 2.16. The molecule has 3 nitrogen and oxygen atoms in total. The molecule has 0 spiro atoms. The fraction of sp³-hybridized carbons (Fsp3) is 0.417. The van der Waals surface area contributed by atoms with Gasteiger partial charge in [-0.25, -0.2) is 0 Å². The van der Waals surface area contributed by atoms with Gasteiger partial charge in [0.2, 0.25) is 0 Å². The molecule has 78 valence electrons. The minimum Gasteiger partial charge on any atom is -0.489 e. The molecule has 0 saturated heterocycles. The second-order valence-corrected chi connectivity index (χ2v) is 4.03. The van der Waals surface area contributed by atoms with E-state index in [-0.39, 0.29) is 6.10 Å². The molecule has 0 aromatic heterocycles. The van der Waals surface area contributed by atoms with Crippen molar-refractivity contribution in [1.29, 1.82) is 5.26 Å². The first-order valence-corrected chi connectivity index (χ1v) is 5.17. The van der Waals surface area contributed by atoms with Crippen molar-refractivity contribution >= 4 is 5.69 Å². The first-order chi connectivity index (χ1) is 7.20. The summed E-state index contributed by atoms with van der Waals surface area (Å²) in [5, 5.41) is 8.92. The summed E-state index contributed by atoms with van der Waals surface area (Å²) in [6.45, 7) is 2.05. The van der Waals surface area contributed by atoms with E-state index in [0.717, 1.165) is 0 Å². The lowest BCUT2D eigenvalue weighted by molar-refractivity contribution is 0.197. The van der Waals surface area contributed by atoms with E-state index in [4.69, 9.17) is 15.7 Å². The van der Waals surface area contributed by atoms with E-state index in [1.165, 1.54) is 12.8 Å². The van der Waals surface area contributed by atoms with E-state index < -0.39 is 0 Å². The Morgan fingerprint density at radius 1 is 1.53 bits per heavy atom. The van der Waals surface area contributed by atoms with Crippen LogP contribution >= 0.6 is 0 Å². The molecular weight excluding hydrogens is 188 g/mol. The predicted molar refractivity (Wildman–Crippen MR) is 58.4 cm³/mol. The van der Waals surface area contributed by atoms with Crippen LogP contribution in [-0.4, -0.2) is 6.10 Å². The average molecular weight is 202 g/mol. The first-order valence-electron chi connectivity index (χ1n) is 5.17. The number of nitriles is 1. The number of benzene rings is 1. The summed E-state index contributed by atoms with van der Waals surface area (Å²) in [6.07, 6.45) is 2.66. The van der Waals surface area contributed by atoms with Gasteiger partial charge in [0.25, 0.3) is 0 Å². The average Bonchev–Trinajstić information content (AvgIpc) is 3.04. The largest absolute Gasteiger partial charge is 0.489 e. The second kappa shape index (κ2) is 3.82. The van der Waals surface area contributed by atoms with Gasteiger partial charge in [-0.2, -0.15) is 5.26 Å². The Labute approximate surface area is 89.5 Å². The van der Waals surface area contributed by atoms with Gasteiger partial charge in [-0.1, -0.05) is 0 Å². The van der Waals surface area contributed by atoms with Crippen molar-refractivity contribution in [3.8, 4) is 11.8 Å². The van der Waals surface area contributed by atoms with E-state index in [0.29, 0.717) is 22.9 Å². The standard InChI is InChI=1S/C12H14N2O/c1-8(9-2-3-9)15-12-5-4-11(14)6-10(12)7-13/h4-6,8-9H,2-3,14H2,1H3. The molecular formula is C12H14N2O. The van der Waals surface area contributed by atoms with Crippen molar-refractivity contribution in [2.45, 2.75) is 25.9 Å². The molecule has 1 aromatic rings. The minimum atomic E-state index is 0.195. The van der Waals surface area contributed by atoms with Gasteiger partial charge in [0.15, 0.2) is 0 Å². The van der Waals surface area contributed by atoms with Gasteiger partial charge >= 0.3 is 0 Å². The number of nitrogens with two attached hydrogens (primary N) is 1. The minimum absolute atomic E-state index is 0.195. The zero-order valence-electron chi connectivity index (χ0n) is 8.73. The smallest absolute Gasteiger partial charge is 0.137 e. The van der Waals surface area contributed by atoms with Crippen LogP contribution in [0.4, 0.5) is 5.69 Å². The molecule has 0 bridgehead atoms. The van der Waals surface area contributed by atoms with Crippen LogP contribution in [0.5, 0.6) is 5.75 Å². The summed E-state index contributed by atoms with van der Waals surface area (Å²) >= 11 is 0. The molecule has 2 N–H and O–H groups in total. The van der Waals surface area contributed by atoms with Crippen LogP contribution in [-0.2, 0) is 0 Å². The zero-order chi connectivity index (χ0) is 10.8. The number of rotatable bonds is 3. The predicted octanol–water partition coefficient (Wildman–Crippen LogP) is 2.32. The molecule has 0 aliphatic heterocycles. The van der Waals surface area contributed by atoms with Gasteiger partial charge in [0.1, 0.15) is 11.8 Å². The number of hydrogen-bond acceptors (Lipinski definition) is 3. The third-order valence-electron chi connectivity index (χ3n) is 2.72. The number of nitrogen functional groups attached to an aromatic ring is 1. The fourth-order valence-electron chi connectivity index (χ4n) is 1.60. The third-order valence-corrected chi connectivity index (χ3v) is 2.72. The highest BCUT2D eigenvalue weighted by atomic mass is 16.5. The van der Waals surface area contributed by atoms with E-state index in [2.05, 4.69) is 13.0 Å². The van der Waals surface area contributed by atoms with Gasteiger partial charge < -0.3 is 10.5 Å². The monoisotopic (exact) mass is 202 g/mol. The van der Waals surface area contributed by atoms with Crippen LogP contribution in [0.25, 0.3) is 0 Å². The highest BCUT2D eigenvalue weighted by Gasteiger charge is 2.29. The third kappa shape index (κ3) is 2.21. The Hall–Kier alpha value is -1.69. The molecule has 1 aliphatic carbocycles. The molecule has 0 amide bonds. The molecule has 0 heterocycles. The normalized spacial score (nSPS) is 16.8. The molecule has 1 fully saturated rings. The molecule has 2 rings (SSSR count). The summed E-state index contributed by atoms with van der Waals surface area (Å²) in [5.74, 6) is 1.31. The lowest BCUT2D eigenvalue weighted by Gasteiger charge is -2.14. The van der Waals surface area contributed by atoms with Crippen molar-refractivity contribution < 1.29 is 4.74 Å². The van der Waals surface area contributed by atoms with Crippen LogP contribution < -0.4 is 10.5 Å². The Morgan fingerprint density at radius 2 is 2.27 bits per heavy atom.